The van der Waals surface area contributed by atoms with E-state index in [2.05, 4.69) is 27.6 Å². The van der Waals surface area contributed by atoms with Gasteiger partial charge in [-0.05, 0) is 19.9 Å². The molecule has 1 saturated carbocycles. The highest BCUT2D eigenvalue weighted by molar-refractivity contribution is 4.94. The fraction of sp³-hybridized carbons (Fsp3) is 0.833. The normalized spacial score (nSPS) is 25.5. The number of ether oxygens (including phenoxy) is 1. The molecule has 1 atom stereocenters. The number of hydrogen-bond donors (Lipinski definition) is 1. The van der Waals surface area contributed by atoms with Crippen LogP contribution in [0.1, 0.15) is 18.5 Å². The van der Waals surface area contributed by atoms with Gasteiger partial charge < -0.3 is 15.0 Å². The summed E-state index contributed by atoms with van der Waals surface area (Å²) < 4.78 is 7.62. The van der Waals surface area contributed by atoms with E-state index < -0.39 is 0 Å². The van der Waals surface area contributed by atoms with Gasteiger partial charge in [-0.15, -0.1) is 5.10 Å². The third-order valence-electron chi connectivity index (χ3n) is 3.47. The molecule has 0 amide bonds. The topological polar surface area (TPSA) is 55.2 Å². The van der Waals surface area contributed by atoms with Crippen LogP contribution in [0.5, 0.6) is 0 Å². The zero-order chi connectivity index (χ0) is 12.4. The van der Waals surface area contributed by atoms with E-state index in [1.807, 2.05) is 10.9 Å². The minimum atomic E-state index is 0.231. The molecule has 1 N–H and O–H groups in total. The van der Waals surface area contributed by atoms with Gasteiger partial charge in [0.1, 0.15) is 0 Å². The van der Waals surface area contributed by atoms with Gasteiger partial charge in [0, 0.05) is 31.9 Å². The Morgan fingerprint density at radius 1 is 1.50 bits per heavy atom. The smallest absolute Gasteiger partial charge is 0.0964 e. The number of aromatic nitrogens is 3. The lowest BCUT2D eigenvalue weighted by molar-refractivity contribution is -0.0292. The summed E-state index contributed by atoms with van der Waals surface area (Å²) in [5.74, 6) is 0. The molecule has 1 aliphatic carbocycles. The maximum Gasteiger partial charge on any atom is 0.0964 e. The van der Waals surface area contributed by atoms with Gasteiger partial charge in [0.2, 0.25) is 0 Å². The quantitative estimate of drug-likeness (QED) is 0.789. The number of likely N-dealkylation sites (N-methyl/N-ethyl adjacent to an activating group) is 1. The molecule has 1 unspecified atom stereocenters. The van der Waals surface area contributed by atoms with Crippen molar-refractivity contribution in [2.24, 2.45) is 0 Å². The minimum Gasteiger partial charge on any atom is -0.374 e. The Morgan fingerprint density at radius 2 is 2.39 bits per heavy atom. The van der Waals surface area contributed by atoms with Gasteiger partial charge >= 0.3 is 0 Å². The average Bonchev–Trinajstić information content (AvgIpc) is 3.08. The summed E-state index contributed by atoms with van der Waals surface area (Å²) in [4.78, 5) is 2.29. The number of hydrogen-bond acceptors (Lipinski definition) is 5. The first-order chi connectivity index (χ1) is 8.79. The first kappa shape index (κ1) is 12.1. The van der Waals surface area contributed by atoms with Crippen LogP contribution in [0.4, 0.5) is 0 Å². The Bertz CT molecular complexity index is 390. The average molecular weight is 251 g/mol. The molecule has 100 valence electrons. The third-order valence-corrected chi connectivity index (χ3v) is 3.47. The summed E-state index contributed by atoms with van der Waals surface area (Å²) >= 11 is 0. The third kappa shape index (κ3) is 3.28. The number of nitrogens with zero attached hydrogens (tertiary/aromatic N) is 4. The van der Waals surface area contributed by atoms with Crippen LogP contribution in [-0.2, 0) is 17.8 Å². The van der Waals surface area contributed by atoms with E-state index in [1.165, 1.54) is 12.8 Å². The van der Waals surface area contributed by atoms with E-state index in [-0.39, 0.29) is 6.10 Å². The maximum atomic E-state index is 5.72. The van der Waals surface area contributed by atoms with Gasteiger partial charge in [-0.25, -0.2) is 4.68 Å². The Kier molecular flexibility index (Phi) is 3.58. The Morgan fingerprint density at radius 3 is 3.17 bits per heavy atom. The van der Waals surface area contributed by atoms with Gasteiger partial charge in [-0.3, -0.25) is 0 Å². The van der Waals surface area contributed by atoms with Gasteiger partial charge in [-0.2, -0.15) is 0 Å². The fourth-order valence-electron chi connectivity index (χ4n) is 2.23. The van der Waals surface area contributed by atoms with Crippen LogP contribution >= 0.6 is 0 Å². The molecular weight excluding hydrogens is 230 g/mol. The molecule has 0 spiro atoms. The molecule has 0 radical (unpaired) electrons. The summed E-state index contributed by atoms with van der Waals surface area (Å²) in [5.41, 5.74) is 1.02. The summed E-state index contributed by atoms with van der Waals surface area (Å²) in [6.45, 7) is 4.42. The van der Waals surface area contributed by atoms with Crippen molar-refractivity contribution < 1.29 is 4.74 Å². The lowest BCUT2D eigenvalue weighted by Crippen LogP contribution is -2.42. The van der Waals surface area contributed by atoms with E-state index in [9.17, 15) is 0 Å². The Hall–Kier alpha value is -0.980. The van der Waals surface area contributed by atoms with Crippen LogP contribution in [0.3, 0.4) is 0 Å². The largest absolute Gasteiger partial charge is 0.374 e. The molecule has 6 heteroatoms. The standard InChI is InChI=1S/C12H21N5O/c1-16-4-5-18-12(8-16)9-17-7-11(14-15-17)6-13-10-2-3-10/h7,10,12-13H,2-6,8-9H2,1H3. The van der Waals surface area contributed by atoms with Crippen molar-refractivity contribution in [3.05, 3.63) is 11.9 Å². The van der Waals surface area contributed by atoms with Crippen LogP contribution in [0.25, 0.3) is 0 Å². The van der Waals surface area contributed by atoms with Crippen LogP contribution < -0.4 is 5.32 Å². The van der Waals surface area contributed by atoms with Crippen LogP contribution in [0, 0.1) is 0 Å². The second-order valence-electron chi connectivity index (χ2n) is 5.34. The zero-order valence-electron chi connectivity index (χ0n) is 10.9. The minimum absolute atomic E-state index is 0.231. The van der Waals surface area contributed by atoms with Crippen molar-refractivity contribution >= 4 is 0 Å². The summed E-state index contributed by atoms with van der Waals surface area (Å²) in [6.07, 6.45) is 4.86. The van der Waals surface area contributed by atoms with E-state index in [0.717, 1.165) is 38.5 Å². The maximum absolute atomic E-state index is 5.72. The van der Waals surface area contributed by atoms with E-state index in [0.29, 0.717) is 6.04 Å². The zero-order valence-corrected chi connectivity index (χ0v) is 10.9. The molecule has 6 nitrogen and oxygen atoms in total. The molecule has 2 heterocycles. The van der Waals surface area contributed by atoms with Crippen LogP contribution in [0.15, 0.2) is 6.20 Å². The number of morpholine rings is 1. The molecule has 0 bridgehead atoms. The Balaban J connectivity index is 1.49. The molecule has 1 aromatic heterocycles. The van der Waals surface area contributed by atoms with Gasteiger partial charge in [0.25, 0.3) is 0 Å². The predicted octanol–water partition coefficient (Wildman–Crippen LogP) is -0.139. The molecule has 0 aromatic carbocycles. The predicted molar refractivity (Wildman–Crippen MR) is 67.1 cm³/mol. The second-order valence-corrected chi connectivity index (χ2v) is 5.34. The molecular formula is C12H21N5O. The van der Waals surface area contributed by atoms with Crippen molar-refractivity contribution in [1.29, 1.82) is 0 Å². The van der Waals surface area contributed by atoms with E-state index >= 15 is 0 Å². The van der Waals surface area contributed by atoms with Crippen molar-refractivity contribution in [1.82, 2.24) is 25.2 Å². The van der Waals surface area contributed by atoms with Crippen molar-refractivity contribution in [2.75, 3.05) is 26.7 Å². The number of nitrogens with one attached hydrogen (secondary N) is 1. The highest BCUT2D eigenvalue weighted by Crippen LogP contribution is 2.18. The second kappa shape index (κ2) is 5.34. The monoisotopic (exact) mass is 251 g/mol. The molecule has 1 aliphatic heterocycles. The first-order valence-corrected chi connectivity index (χ1v) is 6.72. The summed E-state index contributed by atoms with van der Waals surface area (Å²) in [6, 6.07) is 0.713. The van der Waals surface area contributed by atoms with E-state index in [1.54, 1.807) is 0 Å². The lowest BCUT2D eigenvalue weighted by atomic mass is 10.3. The molecule has 1 saturated heterocycles. The molecule has 2 fully saturated rings. The van der Waals surface area contributed by atoms with E-state index in [4.69, 9.17) is 4.74 Å². The summed E-state index contributed by atoms with van der Waals surface area (Å²) in [5, 5.41) is 11.8. The van der Waals surface area contributed by atoms with Crippen molar-refractivity contribution in [3.8, 4) is 0 Å². The molecule has 2 aliphatic rings. The molecule has 1 aromatic rings. The molecule has 18 heavy (non-hydrogen) atoms. The van der Waals surface area contributed by atoms with Crippen LogP contribution in [0.2, 0.25) is 0 Å². The van der Waals surface area contributed by atoms with Crippen LogP contribution in [-0.4, -0.2) is 58.8 Å². The lowest BCUT2D eigenvalue weighted by Gasteiger charge is -2.29. The van der Waals surface area contributed by atoms with Crippen molar-refractivity contribution in [3.63, 3.8) is 0 Å². The van der Waals surface area contributed by atoms with Crippen molar-refractivity contribution in [2.45, 2.75) is 38.1 Å². The number of rotatable bonds is 5. The van der Waals surface area contributed by atoms with Gasteiger partial charge in [0.05, 0.1) is 24.9 Å². The molecule has 3 rings (SSSR count). The first-order valence-electron chi connectivity index (χ1n) is 6.72. The Labute approximate surface area is 107 Å². The van der Waals surface area contributed by atoms with Gasteiger partial charge in [0.15, 0.2) is 0 Å². The SMILES string of the molecule is CN1CCOC(Cn2cc(CNC3CC3)nn2)C1. The summed E-state index contributed by atoms with van der Waals surface area (Å²) in [7, 11) is 2.13. The highest BCUT2D eigenvalue weighted by atomic mass is 16.5. The van der Waals surface area contributed by atoms with Gasteiger partial charge in [-0.1, -0.05) is 5.21 Å². The fourth-order valence-corrected chi connectivity index (χ4v) is 2.23. The highest BCUT2D eigenvalue weighted by Gasteiger charge is 2.21.